The minimum absolute atomic E-state index is 0.359. The standard InChI is InChI=1S/C12H13N3O/c1-3-7-12(16-4-2)15-11-9-6-5-8-10(11)13-14-15/h5-6,8-9,12H,4H2,1-2H3. The summed E-state index contributed by atoms with van der Waals surface area (Å²) in [7, 11) is 0. The molecule has 0 saturated carbocycles. The van der Waals surface area contributed by atoms with Crippen molar-refractivity contribution in [2.75, 3.05) is 6.61 Å². The summed E-state index contributed by atoms with van der Waals surface area (Å²) in [4.78, 5) is 0. The highest BCUT2D eigenvalue weighted by molar-refractivity contribution is 5.74. The number of fused-ring (bicyclic) bond motifs is 1. The van der Waals surface area contributed by atoms with Crippen molar-refractivity contribution in [2.45, 2.75) is 20.1 Å². The van der Waals surface area contributed by atoms with E-state index in [2.05, 4.69) is 22.2 Å². The molecule has 1 aromatic carbocycles. The molecule has 0 fully saturated rings. The lowest BCUT2D eigenvalue weighted by atomic mass is 10.3. The van der Waals surface area contributed by atoms with Gasteiger partial charge in [-0.25, -0.2) is 4.68 Å². The third-order valence-corrected chi connectivity index (χ3v) is 2.19. The van der Waals surface area contributed by atoms with Gasteiger partial charge in [0.15, 0.2) is 0 Å². The molecule has 82 valence electrons. The highest BCUT2D eigenvalue weighted by atomic mass is 16.5. The fraction of sp³-hybridized carbons (Fsp3) is 0.333. The second-order valence-corrected chi connectivity index (χ2v) is 3.22. The zero-order chi connectivity index (χ0) is 11.4. The van der Waals surface area contributed by atoms with Gasteiger partial charge >= 0.3 is 0 Å². The molecule has 0 aliphatic heterocycles. The second kappa shape index (κ2) is 4.77. The maximum atomic E-state index is 5.52. The molecule has 0 N–H and O–H groups in total. The highest BCUT2D eigenvalue weighted by Crippen LogP contribution is 2.15. The first-order valence-electron chi connectivity index (χ1n) is 5.20. The molecule has 2 aromatic rings. The fourth-order valence-electron chi connectivity index (χ4n) is 1.51. The van der Waals surface area contributed by atoms with Gasteiger partial charge in [-0.2, -0.15) is 0 Å². The lowest BCUT2D eigenvalue weighted by Crippen LogP contribution is -2.12. The average Bonchev–Trinajstić information content (AvgIpc) is 2.72. The highest BCUT2D eigenvalue weighted by Gasteiger charge is 2.12. The van der Waals surface area contributed by atoms with Gasteiger partial charge in [-0.3, -0.25) is 0 Å². The summed E-state index contributed by atoms with van der Waals surface area (Å²) >= 11 is 0. The number of aromatic nitrogens is 3. The predicted molar refractivity (Wildman–Crippen MR) is 61.6 cm³/mol. The van der Waals surface area contributed by atoms with Crippen LogP contribution in [0.25, 0.3) is 11.0 Å². The number of hydrogen-bond acceptors (Lipinski definition) is 3. The van der Waals surface area contributed by atoms with Crippen LogP contribution in [0.1, 0.15) is 20.1 Å². The van der Waals surface area contributed by atoms with Crippen LogP contribution in [0.4, 0.5) is 0 Å². The Morgan fingerprint density at radius 2 is 2.25 bits per heavy atom. The summed E-state index contributed by atoms with van der Waals surface area (Å²) in [6.07, 6.45) is -0.359. The van der Waals surface area contributed by atoms with E-state index in [0.717, 1.165) is 11.0 Å². The lowest BCUT2D eigenvalue weighted by molar-refractivity contribution is 0.0471. The first-order chi connectivity index (χ1) is 7.86. The van der Waals surface area contributed by atoms with E-state index in [1.54, 1.807) is 11.6 Å². The molecule has 1 atom stereocenters. The topological polar surface area (TPSA) is 39.9 Å². The molecule has 0 amide bonds. The van der Waals surface area contributed by atoms with E-state index < -0.39 is 0 Å². The summed E-state index contributed by atoms with van der Waals surface area (Å²) in [5.74, 6) is 5.81. The second-order valence-electron chi connectivity index (χ2n) is 3.22. The van der Waals surface area contributed by atoms with Gasteiger partial charge in [-0.1, -0.05) is 17.3 Å². The lowest BCUT2D eigenvalue weighted by Gasteiger charge is -2.11. The molecule has 1 aromatic heterocycles. The number of rotatable bonds is 3. The van der Waals surface area contributed by atoms with E-state index >= 15 is 0 Å². The number of para-hydroxylation sites is 1. The molecule has 0 saturated heterocycles. The maximum absolute atomic E-state index is 5.52. The Balaban J connectivity index is 2.46. The van der Waals surface area contributed by atoms with Crippen LogP contribution in [0.5, 0.6) is 0 Å². The molecule has 0 aliphatic carbocycles. The van der Waals surface area contributed by atoms with E-state index in [-0.39, 0.29) is 6.23 Å². The normalized spacial score (nSPS) is 12.1. The Morgan fingerprint density at radius 3 is 3.00 bits per heavy atom. The molecule has 2 rings (SSSR count). The van der Waals surface area contributed by atoms with Gasteiger partial charge in [-0.05, 0) is 31.9 Å². The van der Waals surface area contributed by atoms with Gasteiger partial charge in [0.1, 0.15) is 5.52 Å². The number of benzene rings is 1. The van der Waals surface area contributed by atoms with Crippen LogP contribution in [0, 0.1) is 11.8 Å². The van der Waals surface area contributed by atoms with E-state index in [4.69, 9.17) is 4.74 Å². The number of nitrogens with zero attached hydrogens (tertiary/aromatic N) is 3. The molecule has 0 spiro atoms. The van der Waals surface area contributed by atoms with Gasteiger partial charge in [0.2, 0.25) is 6.23 Å². The molecule has 4 nitrogen and oxygen atoms in total. The van der Waals surface area contributed by atoms with Crippen LogP contribution < -0.4 is 0 Å². The Hall–Kier alpha value is -1.86. The van der Waals surface area contributed by atoms with Crippen molar-refractivity contribution in [3.8, 4) is 11.8 Å². The van der Waals surface area contributed by atoms with Crippen molar-refractivity contribution in [2.24, 2.45) is 0 Å². The van der Waals surface area contributed by atoms with Crippen LogP contribution in [-0.4, -0.2) is 21.6 Å². The SMILES string of the molecule is CC#CC(OCC)n1nnc2ccccc21. The van der Waals surface area contributed by atoms with Gasteiger partial charge in [0, 0.05) is 6.61 Å². The van der Waals surface area contributed by atoms with Crippen LogP contribution >= 0.6 is 0 Å². The molecule has 4 heteroatoms. The summed E-state index contributed by atoms with van der Waals surface area (Å²) in [5, 5.41) is 8.14. The van der Waals surface area contributed by atoms with Crippen LogP contribution in [0.15, 0.2) is 24.3 Å². The van der Waals surface area contributed by atoms with E-state index in [1.165, 1.54) is 0 Å². The van der Waals surface area contributed by atoms with Gasteiger partial charge in [0.25, 0.3) is 0 Å². The smallest absolute Gasteiger partial charge is 0.215 e. The molecular weight excluding hydrogens is 202 g/mol. The summed E-state index contributed by atoms with van der Waals surface area (Å²) in [6.45, 7) is 4.31. The largest absolute Gasteiger partial charge is 0.346 e. The Kier molecular flexibility index (Phi) is 3.18. The zero-order valence-corrected chi connectivity index (χ0v) is 9.34. The Bertz CT molecular complexity index is 536. The molecule has 16 heavy (non-hydrogen) atoms. The average molecular weight is 215 g/mol. The minimum atomic E-state index is -0.359. The quantitative estimate of drug-likeness (QED) is 0.735. The Labute approximate surface area is 94.2 Å². The van der Waals surface area contributed by atoms with E-state index in [9.17, 15) is 0 Å². The number of ether oxygens (including phenoxy) is 1. The third kappa shape index (κ3) is 1.90. The van der Waals surface area contributed by atoms with Crippen molar-refractivity contribution >= 4 is 11.0 Å². The molecule has 1 heterocycles. The van der Waals surface area contributed by atoms with Crippen LogP contribution in [-0.2, 0) is 4.74 Å². The van der Waals surface area contributed by atoms with E-state index in [1.807, 2.05) is 31.2 Å². The third-order valence-electron chi connectivity index (χ3n) is 2.19. The number of hydrogen-bond donors (Lipinski definition) is 0. The van der Waals surface area contributed by atoms with Crippen LogP contribution in [0.2, 0.25) is 0 Å². The molecule has 0 radical (unpaired) electrons. The fourth-order valence-corrected chi connectivity index (χ4v) is 1.51. The first-order valence-corrected chi connectivity index (χ1v) is 5.20. The monoisotopic (exact) mass is 215 g/mol. The van der Waals surface area contributed by atoms with Crippen molar-refractivity contribution in [3.05, 3.63) is 24.3 Å². The van der Waals surface area contributed by atoms with Crippen molar-refractivity contribution < 1.29 is 4.74 Å². The first kappa shape index (κ1) is 10.7. The molecule has 0 bridgehead atoms. The molecule has 1 unspecified atom stereocenters. The van der Waals surface area contributed by atoms with Crippen LogP contribution in [0.3, 0.4) is 0 Å². The molecule has 0 aliphatic rings. The summed E-state index contributed by atoms with van der Waals surface area (Å²) in [5.41, 5.74) is 1.79. The van der Waals surface area contributed by atoms with Crippen molar-refractivity contribution in [1.82, 2.24) is 15.0 Å². The minimum Gasteiger partial charge on any atom is -0.346 e. The maximum Gasteiger partial charge on any atom is 0.215 e. The van der Waals surface area contributed by atoms with E-state index in [0.29, 0.717) is 6.61 Å². The zero-order valence-electron chi connectivity index (χ0n) is 9.34. The summed E-state index contributed by atoms with van der Waals surface area (Å²) < 4.78 is 7.23. The van der Waals surface area contributed by atoms with Gasteiger partial charge in [0.05, 0.1) is 5.52 Å². The van der Waals surface area contributed by atoms with Crippen molar-refractivity contribution in [3.63, 3.8) is 0 Å². The van der Waals surface area contributed by atoms with Gasteiger partial charge < -0.3 is 4.74 Å². The van der Waals surface area contributed by atoms with Crippen molar-refractivity contribution in [1.29, 1.82) is 0 Å². The summed E-state index contributed by atoms with van der Waals surface area (Å²) in [6, 6.07) is 7.76. The predicted octanol–water partition coefficient (Wildman–Crippen LogP) is 1.99. The van der Waals surface area contributed by atoms with Gasteiger partial charge in [-0.15, -0.1) is 11.0 Å². The molecular formula is C12H13N3O. The Morgan fingerprint density at radius 1 is 1.44 bits per heavy atom.